The van der Waals surface area contributed by atoms with Gasteiger partial charge in [0.2, 0.25) is 0 Å². The van der Waals surface area contributed by atoms with Gasteiger partial charge in [-0.2, -0.15) is 11.8 Å². The molecule has 0 nitrogen and oxygen atoms in total. The van der Waals surface area contributed by atoms with Gasteiger partial charge in [0.25, 0.3) is 0 Å². The predicted octanol–water partition coefficient (Wildman–Crippen LogP) is 14.7. The smallest absolute Gasteiger partial charge is 0.00675 e. The zero-order valence-electron chi connectivity index (χ0n) is 27.7. The third-order valence-electron chi connectivity index (χ3n) is 8.61. The van der Waals surface area contributed by atoms with Gasteiger partial charge in [-0.15, -0.1) is 0 Å². The van der Waals surface area contributed by atoms with Gasteiger partial charge in [0.15, 0.2) is 0 Å². The van der Waals surface area contributed by atoms with Crippen LogP contribution in [-0.4, -0.2) is 11.5 Å². The van der Waals surface area contributed by atoms with E-state index >= 15 is 0 Å². The molecule has 0 aromatic rings. The van der Waals surface area contributed by atoms with Crippen LogP contribution in [0, 0.1) is 12.8 Å². The quantitative estimate of drug-likeness (QED) is 0.0688. The highest BCUT2D eigenvalue weighted by Gasteiger charge is 1.98. The van der Waals surface area contributed by atoms with Crippen molar-refractivity contribution in [2.24, 2.45) is 5.92 Å². The summed E-state index contributed by atoms with van der Waals surface area (Å²) in [6.45, 7) is 8.62. The van der Waals surface area contributed by atoms with Crippen molar-refractivity contribution in [1.29, 1.82) is 0 Å². The summed E-state index contributed by atoms with van der Waals surface area (Å²) in [6, 6.07) is 0. The van der Waals surface area contributed by atoms with E-state index in [0.29, 0.717) is 0 Å². The van der Waals surface area contributed by atoms with Crippen molar-refractivity contribution in [1.82, 2.24) is 0 Å². The molecule has 0 bridgehead atoms. The Labute approximate surface area is 254 Å². The average Bonchev–Trinajstić information content (AvgIpc) is 2.93. The molecule has 1 radical (unpaired) electrons. The fourth-order valence-electron chi connectivity index (χ4n) is 5.84. The molecule has 0 aromatic heterocycles. The van der Waals surface area contributed by atoms with Crippen LogP contribution in [0.25, 0.3) is 0 Å². The first-order valence-corrected chi connectivity index (χ1v) is 19.8. The Bertz CT molecular complexity index is 404. The maximum atomic E-state index is 3.93. The molecule has 235 valence electrons. The number of rotatable bonds is 35. The molecule has 0 aromatic carbocycles. The van der Waals surface area contributed by atoms with Crippen LogP contribution in [0.1, 0.15) is 219 Å². The van der Waals surface area contributed by atoms with Crippen molar-refractivity contribution in [3.63, 3.8) is 0 Å². The molecule has 0 rings (SSSR count). The Hall–Kier alpha value is 0.350. The lowest BCUT2D eigenvalue weighted by molar-refractivity contribution is 0.516. The lowest BCUT2D eigenvalue weighted by atomic mass is 10.0. The monoisotopic (exact) mass is 566 g/mol. The van der Waals surface area contributed by atoms with Gasteiger partial charge in [0.1, 0.15) is 0 Å². The normalized spacial score (nSPS) is 11.7. The van der Waals surface area contributed by atoms with E-state index in [-0.39, 0.29) is 0 Å². The van der Waals surface area contributed by atoms with Crippen LogP contribution in [-0.2, 0) is 0 Å². The first-order chi connectivity index (χ1) is 19.3. The molecule has 0 heterocycles. The maximum Gasteiger partial charge on any atom is -0.00675 e. The third kappa shape index (κ3) is 38.4. The molecule has 0 N–H and O–H groups in total. The summed E-state index contributed by atoms with van der Waals surface area (Å²) in [5.74, 6) is 3.71. The minimum atomic E-state index is 0.892. The number of thioether (sulfide) groups is 1. The predicted molar refractivity (Wildman–Crippen MR) is 185 cm³/mol. The van der Waals surface area contributed by atoms with E-state index in [9.17, 15) is 0 Å². The first kappa shape index (κ1) is 39.4. The fraction of sp³-hybridized carbons (Fsp3) is 0.974. The van der Waals surface area contributed by atoms with Gasteiger partial charge in [0.05, 0.1) is 0 Å². The number of hydrogen-bond donors (Lipinski definition) is 0. The molecule has 0 aliphatic heterocycles. The zero-order valence-corrected chi connectivity index (χ0v) is 28.6. The maximum absolute atomic E-state index is 3.93. The van der Waals surface area contributed by atoms with Gasteiger partial charge < -0.3 is 0 Å². The second-order valence-electron chi connectivity index (χ2n) is 13.3. The molecule has 0 amide bonds. The van der Waals surface area contributed by atoms with E-state index in [4.69, 9.17) is 0 Å². The Morgan fingerprint density at radius 2 is 0.564 bits per heavy atom. The Kier molecular flexibility index (Phi) is 36.7. The van der Waals surface area contributed by atoms with Crippen molar-refractivity contribution in [3.05, 3.63) is 6.92 Å². The highest BCUT2D eigenvalue weighted by Crippen LogP contribution is 2.17. The molecule has 0 saturated carbocycles. The topological polar surface area (TPSA) is 0 Å². The van der Waals surface area contributed by atoms with Crippen molar-refractivity contribution >= 4 is 11.8 Å². The Balaban J connectivity index is 3.02. The van der Waals surface area contributed by atoms with Crippen LogP contribution < -0.4 is 0 Å². The summed E-state index contributed by atoms with van der Waals surface area (Å²) in [5, 5.41) is 0. The molecule has 1 heteroatoms. The van der Waals surface area contributed by atoms with Gasteiger partial charge in [-0.25, -0.2) is 0 Å². The van der Waals surface area contributed by atoms with E-state index in [2.05, 4.69) is 32.5 Å². The third-order valence-corrected chi connectivity index (χ3v) is 9.76. The van der Waals surface area contributed by atoms with Gasteiger partial charge >= 0.3 is 0 Å². The van der Waals surface area contributed by atoms with Gasteiger partial charge in [-0.05, 0) is 30.3 Å². The van der Waals surface area contributed by atoms with Crippen LogP contribution in [0.4, 0.5) is 0 Å². The van der Waals surface area contributed by atoms with E-state index in [1.54, 1.807) is 0 Å². The Morgan fingerprint density at radius 3 is 0.821 bits per heavy atom. The second-order valence-corrected chi connectivity index (χ2v) is 14.5. The molecule has 0 fully saturated rings. The fourth-order valence-corrected chi connectivity index (χ4v) is 6.86. The molecule has 0 atom stereocenters. The summed E-state index contributed by atoms with van der Waals surface area (Å²) in [4.78, 5) is 0. The average molecular weight is 566 g/mol. The molecule has 0 unspecified atom stereocenters. The highest BCUT2D eigenvalue weighted by molar-refractivity contribution is 7.99. The largest absolute Gasteiger partial charge is 0.162 e. The minimum absolute atomic E-state index is 0.892. The molecular weight excluding hydrogens is 488 g/mol. The van der Waals surface area contributed by atoms with Crippen LogP contribution >= 0.6 is 11.8 Å². The van der Waals surface area contributed by atoms with Crippen molar-refractivity contribution in [3.8, 4) is 0 Å². The van der Waals surface area contributed by atoms with Crippen LogP contribution in [0.2, 0.25) is 0 Å². The van der Waals surface area contributed by atoms with E-state index in [0.717, 1.165) is 12.3 Å². The van der Waals surface area contributed by atoms with Crippen LogP contribution in [0.15, 0.2) is 0 Å². The van der Waals surface area contributed by atoms with Crippen molar-refractivity contribution in [2.45, 2.75) is 219 Å². The van der Waals surface area contributed by atoms with Gasteiger partial charge in [-0.3, -0.25) is 0 Å². The van der Waals surface area contributed by atoms with E-state index in [1.807, 2.05) is 0 Å². The molecule has 0 aliphatic carbocycles. The molecule has 0 saturated heterocycles. The van der Waals surface area contributed by atoms with E-state index in [1.165, 1.54) is 211 Å². The number of hydrogen-bond acceptors (Lipinski definition) is 1. The second kappa shape index (κ2) is 36.4. The lowest BCUT2D eigenvalue weighted by Gasteiger charge is -2.05. The zero-order chi connectivity index (χ0) is 28.3. The van der Waals surface area contributed by atoms with Crippen LogP contribution in [0.5, 0.6) is 0 Å². The van der Waals surface area contributed by atoms with Crippen LogP contribution in [0.3, 0.4) is 0 Å². The summed E-state index contributed by atoms with van der Waals surface area (Å²) in [7, 11) is 0. The van der Waals surface area contributed by atoms with E-state index < -0.39 is 0 Å². The molecule has 39 heavy (non-hydrogen) atoms. The first-order valence-electron chi connectivity index (χ1n) is 18.6. The molecule has 0 spiro atoms. The summed E-state index contributed by atoms with van der Waals surface area (Å²) < 4.78 is 0. The minimum Gasteiger partial charge on any atom is -0.162 e. The van der Waals surface area contributed by atoms with Gasteiger partial charge in [-0.1, -0.05) is 213 Å². The summed E-state index contributed by atoms with van der Waals surface area (Å²) in [5.41, 5.74) is 0. The lowest BCUT2D eigenvalue weighted by Crippen LogP contribution is -1.89. The summed E-state index contributed by atoms with van der Waals surface area (Å²) in [6.07, 6.45) is 46.6. The van der Waals surface area contributed by atoms with Crippen molar-refractivity contribution < 1.29 is 0 Å². The molecular formula is C38H77S. The number of unbranched alkanes of at least 4 members (excludes halogenated alkanes) is 29. The van der Waals surface area contributed by atoms with Gasteiger partial charge in [0, 0.05) is 0 Å². The highest BCUT2D eigenvalue weighted by atomic mass is 32.2. The molecule has 0 aliphatic rings. The SMILES string of the molecule is [CH2]CCCCCCCCCCCCCCCCCCCCCCCCCCCSCCCCCCCC(C)C. The van der Waals surface area contributed by atoms with Crippen molar-refractivity contribution in [2.75, 3.05) is 11.5 Å². The standard InChI is InChI=1S/C38H77S/c1-4-5-6-7-8-9-10-11-12-13-14-15-16-17-18-19-20-21-22-23-24-25-26-27-30-33-36-39-37-34-31-28-29-32-35-38(2)3/h38H,1,4-37H2,2-3H3. The summed E-state index contributed by atoms with van der Waals surface area (Å²) >= 11 is 2.21. The Morgan fingerprint density at radius 1 is 0.333 bits per heavy atom.